The molecule has 0 aliphatic carbocycles. The van der Waals surface area contributed by atoms with E-state index in [9.17, 15) is 5.11 Å². The topological polar surface area (TPSA) is 92.2 Å². The van der Waals surface area contributed by atoms with E-state index in [0.29, 0.717) is 18.3 Å². The van der Waals surface area contributed by atoms with E-state index in [4.69, 9.17) is 4.74 Å². The first-order valence-electron chi connectivity index (χ1n) is 8.71. The highest BCUT2D eigenvalue weighted by atomic mass is 16.5. The van der Waals surface area contributed by atoms with Gasteiger partial charge in [0.2, 0.25) is 5.95 Å². The van der Waals surface area contributed by atoms with Crippen molar-refractivity contribution < 1.29 is 9.84 Å². The van der Waals surface area contributed by atoms with Crippen LogP contribution in [-0.4, -0.2) is 39.8 Å². The third-order valence-electron chi connectivity index (χ3n) is 3.94. The van der Waals surface area contributed by atoms with Crippen LogP contribution in [0.15, 0.2) is 54.9 Å². The summed E-state index contributed by atoms with van der Waals surface area (Å²) in [4.78, 5) is 13.2. The SMILES string of the molecule is COc1cccc(CNc2cc(-c3cccnc3)nc(N[C@H](C)CO)n2)c1. The Bertz CT molecular complexity index is 873. The predicted octanol–water partition coefficient (Wildman–Crippen LogP) is 2.95. The monoisotopic (exact) mass is 365 g/mol. The lowest BCUT2D eigenvalue weighted by Crippen LogP contribution is -2.21. The zero-order chi connectivity index (χ0) is 19.1. The van der Waals surface area contributed by atoms with E-state index >= 15 is 0 Å². The highest BCUT2D eigenvalue weighted by molar-refractivity contribution is 5.63. The van der Waals surface area contributed by atoms with Gasteiger partial charge in [-0.3, -0.25) is 4.98 Å². The molecule has 3 rings (SSSR count). The third kappa shape index (κ3) is 5.15. The summed E-state index contributed by atoms with van der Waals surface area (Å²) in [5, 5.41) is 15.7. The Hall–Kier alpha value is -3.19. The average molecular weight is 365 g/mol. The predicted molar refractivity (Wildman–Crippen MR) is 106 cm³/mol. The van der Waals surface area contributed by atoms with Gasteiger partial charge in [-0.15, -0.1) is 0 Å². The molecule has 2 aromatic heterocycles. The van der Waals surface area contributed by atoms with Gasteiger partial charge in [0.1, 0.15) is 11.6 Å². The standard InChI is InChI=1S/C20H23N5O2/c1-14(13-26)23-20-24-18(16-6-4-8-21-12-16)10-19(25-20)22-11-15-5-3-7-17(9-15)27-2/h3-10,12,14,26H,11,13H2,1-2H3,(H2,22,23,24,25)/t14-/m1/s1. The molecule has 2 heterocycles. The van der Waals surface area contributed by atoms with Crippen molar-refractivity contribution in [2.45, 2.75) is 19.5 Å². The van der Waals surface area contributed by atoms with Gasteiger partial charge >= 0.3 is 0 Å². The second-order valence-electron chi connectivity index (χ2n) is 6.14. The molecule has 0 unspecified atom stereocenters. The minimum absolute atomic E-state index is 0.00689. The van der Waals surface area contributed by atoms with Crippen LogP contribution in [0.25, 0.3) is 11.3 Å². The van der Waals surface area contributed by atoms with Crippen LogP contribution in [0.4, 0.5) is 11.8 Å². The second-order valence-corrected chi connectivity index (χ2v) is 6.14. The molecule has 7 heteroatoms. The molecule has 27 heavy (non-hydrogen) atoms. The lowest BCUT2D eigenvalue weighted by atomic mass is 10.2. The summed E-state index contributed by atoms with van der Waals surface area (Å²) < 4.78 is 5.27. The van der Waals surface area contributed by atoms with Crippen molar-refractivity contribution in [3.63, 3.8) is 0 Å². The van der Waals surface area contributed by atoms with Gasteiger partial charge in [0.25, 0.3) is 0 Å². The number of nitrogens with zero attached hydrogens (tertiary/aromatic N) is 3. The zero-order valence-corrected chi connectivity index (χ0v) is 15.4. The Balaban J connectivity index is 1.85. The van der Waals surface area contributed by atoms with Crippen LogP contribution in [0, 0.1) is 0 Å². The molecule has 0 fully saturated rings. The van der Waals surface area contributed by atoms with Crippen molar-refractivity contribution in [2.24, 2.45) is 0 Å². The van der Waals surface area contributed by atoms with E-state index in [1.165, 1.54) is 0 Å². The number of hydrogen-bond acceptors (Lipinski definition) is 7. The highest BCUT2D eigenvalue weighted by Crippen LogP contribution is 2.22. The van der Waals surface area contributed by atoms with Gasteiger partial charge in [0, 0.05) is 36.6 Å². The Kier molecular flexibility index (Phi) is 6.17. The number of methoxy groups -OCH3 is 1. The zero-order valence-electron chi connectivity index (χ0n) is 15.4. The summed E-state index contributed by atoms with van der Waals surface area (Å²) >= 11 is 0. The average Bonchev–Trinajstić information content (AvgIpc) is 2.72. The minimum atomic E-state index is -0.152. The van der Waals surface area contributed by atoms with Crippen molar-refractivity contribution in [2.75, 3.05) is 24.4 Å². The Morgan fingerprint density at radius 1 is 1.15 bits per heavy atom. The van der Waals surface area contributed by atoms with Gasteiger partial charge in [0.05, 0.1) is 19.4 Å². The molecule has 0 spiro atoms. The van der Waals surface area contributed by atoms with Gasteiger partial charge in [0.15, 0.2) is 0 Å². The van der Waals surface area contributed by atoms with Gasteiger partial charge in [-0.2, -0.15) is 4.98 Å². The Morgan fingerprint density at radius 2 is 2.04 bits per heavy atom. The van der Waals surface area contributed by atoms with E-state index in [2.05, 4.69) is 25.6 Å². The minimum Gasteiger partial charge on any atom is -0.497 e. The molecule has 7 nitrogen and oxygen atoms in total. The molecule has 0 bridgehead atoms. The quantitative estimate of drug-likeness (QED) is 0.565. The van der Waals surface area contributed by atoms with Gasteiger partial charge in [-0.25, -0.2) is 4.98 Å². The molecule has 140 valence electrons. The smallest absolute Gasteiger partial charge is 0.225 e. The van der Waals surface area contributed by atoms with E-state index < -0.39 is 0 Å². The van der Waals surface area contributed by atoms with E-state index in [-0.39, 0.29) is 12.6 Å². The summed E-state index contributed by atoms with van der Waals surface area (Å²) in [6.45, 7) is 2.45. The first kappa shape index (κ1) is 18.6. The summed E-state index contributed by atoms with van der Waals surface area (Å²) in [7, 11) is 1.65. The fraction of sp³-hybridized carbons (Fsp3) is 0.250. The maximum absolute atomic E-state index is 9.30. The molecule has 0 aliphatic rings. The van der Waals surface area contributed by atoms with Crippen molar-refractivity contribution in [1.29, 1.82) is 0 Å². The maximum atomic E-state index is 9.30. The van der Waals surface area contributed by atoms with Crippen LogP contribution < -0.4 is 15.4 Å². The third-order valence-corrected chi connectivity index (χ3v) is 3.94. The number of aromatic nitrogens is 3. The molecule has 1 atom stereocenters. The van der Waals surface area contributed by atoms with Crippen LogP contribution in [0.1, 0.15) is 12.5 Å². The first-order chi connectivity index (χ1) is 13.2. The molecular weight excluding hydrogens is 342 g/mol. The number of anilines is 2. The Morgan fingerprint density at radius 3 is 2.78 bits per heavy atom. The normalized spacial score (nSPS) is 11.7. The molecule has 3 N–H and O–H groups in total. The number of aliphatic hydroxyl groups is 1. The number of ether oxygens (including phenoxy) is 1. The summed E-state index contributed by atoms with van der Waals surface area (Å²) in [6.07, 6.45) is 3.48. The van der Waals surface area contributed by atoms with E-state index in [0.717, 1.165) is 22.6 Å². The van der Waals surface area contributed by atoms with Crippen LogP contribution >= 0.6 is 0 Å². The summed E-state index contributed by atoms with van der Waals surface area (Å²) in [5.74, 6) is 1.94. The van der Waals surface area contributed by atoms with E-state index in [1.807, 2.05) is 49.4 Å². The van der Waals surface area contributed by atoms with Crippen LogP contribution in [0.3, 0.4) is 0 Å². The number of rotatable bonds is 8. The van der Waals surface area contributed by atoms with E-state index in [1.54, 1.807) is 19.5 Å². The molecule has 0 aliphatic heterocycles. The molecule has 0 saturated heterocycles. The fourth-order valence-corrected chi connectivity index (χ4v) is 2.51. The Labute approximate surface area is 158 Å². The van der Waals surface area contributed by atoms with Crippen molar-refractivity contribution in [1.82, 2.24) is 15.0 Å². The van der Waals surface area contributed by atoms with Crippen LogP contribution in [0.2, 0.25) is 0 Å². The number of aliphatic hydroxyl groups excluding tert-OH is 1. The molecule has 0 saturated carbocycles. The van der Waals surface area contributed by atoms with Gasteiger partial charge in [-0.05, 0) is 36.8 Å². The fourth-order valence-electron chi connectivity index (χ4n) is 2.51. The second kappa shape index (κ2) is 8.95. The lowest BCUT2D eigenvalue weighted by molar-refractivity contribution is 0.281. The van der Waals surface area contributed by atoms with Crippen LogP contribution in [0.5, 0.6) is 5.75 Å². The molecule has 0 radical (unpaired) electrons. The largest absolute Gasteiger partial charge is 0.497 e. The lowest BCUT2D eigenvalue weighted by Gasteiger charge is -2.14. The number of hydrogen-bond donors (Lipinski definition) is 3. The van der Waals surface area contributed by atoms with Crippen molar-refractivity contribution in [3.8, 4) is 17.0 Å². The molecule has 0 amide bonds. The summed E-state index contributed by atoms with van der Waals surface area (Å²) in [6, 6.07) is 13.4. The van der Waals surface area contributed by atoms with Crippen LogP contribution in [-0.2, 0) is 6.54 Å². The number of pyridine rings is 1. The number of benzene rings is 1. The first-order valence-corrected chi connectivity index (χ1v) is 8.71. The highest BCUT2D eigenvalue weighted by Gasteiger charge is 2.09. The summed E-state index contributed by atoms with van der Waals surface area (Å²) in [5.41, 5.74) is 2.72. The molecule has 3 aromatic rings. The number of nitrogens with one attached hydrogen (secondary N) is 2. The van der Waals surface area contributed by atoms with Gasteiger partial charge in [-0.1, -0.05) is 12.1 Å². The van der Waals surface area contributed by atoms with Gasteiger partial charge < -0.3 is 20.5 Å². The molecular formula is C20H23N5O2. The maximum Gasteiger partial charge on any atom is 0.225 e. The molecule has 1 aromatic carbocycles. The van der Waals surface area contributed by atoms with Crippen molar-refractivity contribution in [3.05, 3.63) is 60.4 Å². The van der Waals surface area contributed by atoms with Crippen molar-refractivity contribution >= 4 is 11.8 Å².